The van der Waals surface area contributed by atoms with Crippen molar-refractivity contribution in [1.29, 1.82) is 0 Å². The summed E-state index contributed by atoms with van der Waals surface area (Å²) in [5.41, 5.74) is 3.11. The number of nitrogens with zero attached hydrogens (tertiary/aromatic N) is 2. The number of hydrogen-bond donors (Lipinski definition) is 1. The Hall–Kier alpha value is -1.93. The predicted molar refractivity (Wildman–Crippen MR) is 131 cm³/mol. The molecular formula is C26H36N2O4S. The molecule has 1 aliphatic carbocycles. The summed E-state index contributed by atoms with van der Waals surface area (Å²) in [7, 11) is -1.71. The van der Waals surface area contributed by atoms with Gasteiger partial charge in [0.15, 0.2) is 0 Å². The molecule has 0 bridgehead atoms. The molecule has 1 aliphatic heterocycles. The lowest BCUT2D eigenvalue weighted by atomic mass is 10.00. The Morgan fingerprint density at radius 2 is 1.91 bits per heavy atom. The highest BCUT2D eigenvalue weighted by molar-refractivity contribution is 7.89. The zero-order chi connectivity index (χ0) is 23.8. The van der Waals surface area contributed by atoms with E-state index in [0.717, 1.165) is 35.7 Å². The summed E-state index contributed by atoms with van der Waals surface area (Å²) in [6.07, 6.45) is 2.41. The van der Waals surface area contributed by atoms with Crippen molar-refractivity contribution < 1.29 is 18.3 Å². The first-order valence-corrected chi connectivity index (χ1v) is 13.3. The van der Waals surface area contributed by atoms with E-state index in [2.05, 4.69) is 11.9 Å². The molecule has 0 saturated heterocycles. The van der Waals surface area contributed by atoms with Crippen molar-refractivity contribution in [3.8, 4) is 16.9 Å². The molecule has 6 nitrogen and oxygen atoms in total. The lowest BCUT2D eigenvalue weighted by Crippen LogP contribution is -2.49. The number of hydrogen-bond acceptors (Lipinski definition) is 5. The van der Waals surface area contributed by atoms with Gasteiger partial charge in [0.25, 0.3) is 0 Å². The maximum Gasteiger partial charge on any atom is 0.247 e. The van der Waals surface area contributed by atoms with Crippen molar-refractivity contribution in [2.45, 2.75) is 50.7 Å². The molecule has 1 saturated carbocycles. The second-order valence-corrected chi connectivity index (χ2v) is 11.7. The number of ether oxygens (including phenoxy) is 1. The Kier molecular flexibility index (Phi) is 7.15. The van der Waals surface area contributed by atoms with Crippen LogP contribution in [0.5, 0.6) is 5.75 Å². The summed E-state index contributed by atoms with van der Waals surface area (Å²) in [6.45, 7) is 7.69. The average Bonchev–Trinajstić information content (AvgIpc) is 3.59. The van der Waals surface area contributed by atoms with Gasteiger partial charge in [0.05, 0.1) is 6.61 Å². The van der Waals surface area contributed by atoms with E-state index in [1.54, 1.807) is 13.0 Å². The summed E-state index contributed by atoms with van der Waals surface area (Å²) < 4.78 is 35.2. The highest BCUT2D eigenvalue weighted by Crippen LogP contribution is 2.37. The molecule has 0 amide bonds. The number of sulfonamides is 1. The fourth-order valence-corrected chi connectivity index (χ4v) is 6.46. The first-order chi connectivity index (χ1) is 15.7. The standard InChI is InChI=1S/C26H36N2O4S/c1-18-7-5-6-8-23(18)22-11-12-26-24(13-22)32-25(16-27(4)15-21-9-10-21)19(2)14-28(20(3)17-29)33(26,30)31/h5-8,11-13,19-21,25,29H,9-10,14-17H2,1-4H3/t19-,20-,25-/m1/s1. The van der Waals surface area contributed by atoms with Gasteiger partial charge in [-0.25, -0.2) is 8.42 Å². The Balaban J connectivity index is 1.76. The van der Waals surface area contributed by atoms with Crippen LogP contribution in [0.3, 0.4) is 0 Å². The smallest absolute Gasteiger partial charge is 0.247 e. The molecule has 7 heteroatoms. The molecule has 4 rings (SSSR count). The molecule has 2 aromatic rings. The zero-order valence-electron chi connectivity index (χ0n) is 20.1. The van der Waals surface area contributed by atoms with Crippen LogP contribution in [-0.4, -0.2) is 68.2 Å². The summed E-state index contributed by atoms with van der Waals surface area (Å²) >= 11 is 0. The Labute approximate surface area is 198 Å². The van der Waals surface area contributed by atoms with Crippen LogP contribution in [0, 0.1) is 18.8 Å². The third-order valence-electron chi connectivity index (χ3n) is 6.88. The maximum absolute atomic E-state index is 13.6. The minimum Gasteiger partial charge on any atom is -0.487 e. The van der Waals surface area contributed by atoms with Gasteiger partial charge in [-0.3, -0.25) is 0 Å². The first kappa shape index (κ1) is 24.2. The number of likely N-dealkylation sites (N-methyl/N-ethyl adjacent to an activating group) is 1. The number of benzene rings is 2. The molecule has 0 radical (unpaired) electrons. The zero-order valence-corrected chi connectivity index (χ0v) is 20.9. The van der Waals surface area contributed by atoms with Crippen LogP contribution in [0.25, 0.3) is 11.1 Å². The van der Waals surface area contributed by atoms with Crippen molar-refractivity contribution in [2.24, 2.45) is 11.8 Å². The largest absolute Gasteiger partial charge is 0.487 e. The fourth-order valence-electron chi connectivity index (χ4n) is 4.63. The second kappa shape index (κ2) is 9.74. The van der Waals surface area contributed by atoms with Crippen molar-refractivity contribution in [3.05, 3.63) is 48.0 Å². The minimum atomic E-state index is -3.82. The molecule has 2 aliphatic rings. The van der Waals surface area contributed by atoms with Crippen LogP contribution < -0.4 is 4.74 Å². The summed E-state index contributed by atoms with van der Waals surface area (Å²) in [5, 5.41) is 9.81. The molecule has 0 aromatic heterocycles. The number of aliphatic hydroxyl groups is 1. The molecule has 2 aromatic carbocycles. The molecule has 0 unspecified atom stereocenters. The SMILES string of the molecule is Cc1ccccc1-c1ccc2c(c1)O[C@H](CN(C)CC1CC1)[C@H](C)CN([C@H](C)CO)S2(=O)=O. The predicted octanol–water partition coefficient (Wildman–Crippen LogP) is 3.77. The maximum atomic E-state index is 13.6. The summed E-state index contributed by atoms with van der Waals surface area (Å²) in [4.78, 5) is 2.47. The van der Waals surface area contributed by atoms with Crippen LogP contribution in [0.4, 0.5) is 0 Å². The third kappa shape index (κ3) is 5.27. The van der Waals surface area contributed by atoms with Crippen LogP contribution in [-0.2, 0) is 10.0 Å². The van der Waals surface area contributed by atoms with E-state index in [0.29, 0.717) is 12.3 Å². The highest BCUT2D eigenvalue weighted by Gasteiger charge is 2.38. The average molecular weight is 473 g/mol. The van der Waals surface area contributed by atoms with Gasteiger partial charge in [-0.05, 0) is 68.5 Å². The van der Waals surface area contributed by atoms with Crippen molar-refractivity contribution in [3.63, 3.8) is 0 Å². The number of aliphatic hydroxyl groups excluding tert-OH is 1. The van der Waals surface area contributed by atoms with Crippen LogP contribution in [0.1, 0.15) is 32.3 Å². The Bertz CT molecular complexity index is 1080. The molecular weight excluding hydrogens is 436 g/mol. The lowest BCUT2D eigenvalue weighted by molar-refractivity contribution is 0.0741. The highest BCUT2D eigenvalue weighted by atomic mass is 32.2. The molecule has 1 heterocycles. The van der Waals surface area contributed by atoms with Crippen LogP contribution in [0.2, 0.25) is 0 Å². The van der Waals surface area contributed by atoms with Crippen molar-refractivity contribution in [1.82, 2.24) is 9.21 Å². The second-order valence-electron chi connectivity index (χ2n) is 9.88. The monoisotopic (exact) mass is 472 g/mol. The van der Waals surface area contributed by atoms with E-state index in [9.17, 15) is 13.5 Å². The van der Waals surface area contributed by atoms with E-state index in [1.165, 1.54) is 17.1 Å². The number of rotatable bonds is 7. The molecule has 3 atom stereocenters. The molecule has 180 valence electrons. The molecule has 1 N–H and O–H groups in total. The third-order valence-corrected chi connectivity index (χ3v) is 8.90. The Morgan fingerprint density at radius 1 is 1.18 bits per heavy atom. The van der Waals surface area contributed by atoms with E-state index in [4.69, 9.17) is 4.74 Å². The van der Waals surface area contributed by atoms with E-state index in [-0.39, 0.29) is 23.5 Å². The number of fused-ring (bicyclic) bond motifs is 1. The van der Waals surface area contributed by atoms with Gasteiger partial charge in [0.2, 0.25) is 10.0 Å². The topological polar surface area (TPSA) is 70.1 Å². The van der Waals surface area contributed by atoms with E-state index < -0.39 is 16.1 Å². The number of aryl methyl sites for hydroxylation is 1. The first-order valence-electron chi connectivity index (χ1n) is 11.9. The normalized spacial score (nSPS) is 23.9. The van der Waals surface area contributed by atoms with Crippen LogP contribution in [0.15, 0.2) is 47.4 Å². The van der Waals surface area contributed by atoms with Crippen molar-refractivity contribution >= 4 is 10.0 Å². The molecule has 33 heavy (non-hydrogen) atoms. The van der Waals surface area contributed by atoms with Gasteiger partial charge in [0.1, 0.15) is 16.7 Å². The van der Waals surface area contributed by atoms with Gasteiger partial charge in [-0.1, -0.05) is 37.3 Å². The van der Waals surface area contributed by atoms with E-state index >= 15 is 0 Å². The van der Waals surface area contributed by atoms with Crippen LogP contribution >= 0.6 is 0 Å². The summed E-state index contributed by atoms with van der Waals surface area (Å²) in [5.74, 6) is 1.12. The minimum absolute atomic E-state index is 0.0364. The van der Waals surface area contributed by atoms with Crippen molar-refractivity contribution in [2.75, 3.05) is 33.3 Å². The van der Waals surface area contributed by atoms with Gasteiger partial charge in [-0.2, -0.15) is 4.31 Å². The molecule has 1 fully saturated rings. The van der Waals surface area contributed by atoms with Gasteiger partial charge in [-0.15, -0.1) is 0 Å². The van der Waals surface area contributed by atoms with Gasteiger partial charge in [0, 0.05) is 31.6 Å². The Morgan fingerprint density at radius 3 is 2.58 bits per heavy atom. The van der Waals surface area contributed by atoms with Gasteiger partial charge >= 0.3 is 0 Å². The van der Waals surface area contributed by atoms with Gasteiger partial charge < -0.3 is 14.7 Å². The van der Waals surface area contributed by atoms with E-state index in [1.807, 2.05) is 50.2 Å². The molecule has 0 spiro atoms. The quantitative estimate of drug-likeness (QED) is 0.664. The summed E-state index contributed by atoms with van der Waals surface area (Å²) in [6, 6.07) is 12.9. The lowest BCUT2D eigenvalue weighted by Gasteiger charge is -2.37. The fraction of sp³-hybridized carbons (Fsp3) is 0.538.